The Labute approximate surface area is 215 Å². The number of likely N-dealkylation sites (N-methyl/N-ethyl adjacent to an activating group) is 1. The third kappa shape index (κ3) is 6.53. The van der Waals surface area contributed by atoms with Crippen LogP contribution in [0.5, 0.6) is 0 Å². The first-order chi connectivity index (χ1) is 17.3. The molecule has 0 saturated carbocycles. The number of benzene rings is 2. The van der Waals surface area contributed by atoms with Crippen LogP contribution in [0.3, 0.4) is 0 Å². The quantitative estimate of drug-likeness (QED) is 0.295. The Morgan fingerprint density at radius 2 is 1.75 bits per heavy atom. The fraction of sp³-hybridized carbons (Fsp3) is 0.393. The molecule has 0 bridgehead atoms. The van der Waals surface area contributed by atoms with Crippen LogP contribution in [-0.4, -0.2) is 69.5 Å². The van der Waals surface area contributed by atoms with E-state index in [1.807, 2.05) is 19.4 Å². The van der Waals surface area contributed by atoms with Crippen LogP contribution in [-0.2, 0) is 20.1 Å². The van der Waals surface area contributed by atoms with Crippen molar-refractivity contribution in [3.63, 3.8) is 0 Å². The lowest BCUT2D eigenvalue weighted by Gasteiger charge is -2.36. The molecule has 3 aromatic rings. The van der Waals surface area contributed by atoms with E-state index in [1.54, 1.807) is 4.68 Å². The highest BCUT2D eigenvalue weighted by molar-refractivity contribution is 5.65. The van der Waals surface area contributed by atoms with Gasteiger partial charge < -0.3 is 20.4 Å². The molecule has 0 fully saturated rings. The van der Waals surface area contributed by atoms with Gasteiger partial charge in [0.2, 0.25) is 0 Å². The van der Waals surface area contributed by atoms with Crippen LogP contribution in [0.25, 0.3) is 11.1 Å². The highest BCUT2D eigenvalue weighted by Gasteiger charge is 2.23. The number of hydrogen-bond donors (Lipinski definition) is 2. The first-order valence-corrected chi connectivity index (χ1v) is 12.5. The van der Waals surface area contributed by atoms with E-state index in [0.717, 1.165) is 42.1 Å². The van der Waals surface area contributed by atoms with E-state index in [-0.39, 0.29) is 0 Å². The molecule has 2 N–H and O–H groups in total. The molecule has 2 aromatic carbocycles. The number of aromatic nitrogens is 2. The van der Waals surface area contributed by atoms with Crippen LogP contribution in [0.2, 0.25) is 0 Å². The zero-order chi connectivity index (χ0) is 25.7. The fourth-order valence-electron chi connectivity index (χ4n) is 4.46. The summed E-state index contributed by atoms with van der Waals surface area (Å²) in [7, 11) is 3.99. The second-order valence-corrected chi connectivity index (χ2v) is 9.81. The summed E-state index contributed by atoms with van der Waals surface area (Å²) >= 11 is 0. The minimum atomic E-state index is 0.374. The zero-order valence-electron chi connectivity index (χ0n) is 21.9. The fourth-order valence-corrected chi connectivity index (χ4v) is 4.46. The van der Waals surface area contributed by atoms with Gasteiger partial charge in [0.15, 0.2) is 0 Å². The molecule has 1 aliphatic rings. The Balaban J connectivity index is 1.46. The van der Waals surface area contributed by atoms with Gasteiger partial charge in [0.25, 0.3) is 0 Å². The highest BCUT2D eigenvalue weighted by Crippen LogP contribution is 2.27. The van der Waals surface area contributed by atoms with Crippen LogP contribution < -0.4 is 10.2 Å². The molecule has 0 atom stereocenters. The minimum Gasteiger partial charge on any atom is -0.350 e. The maximum Gasteiger partial charge on any atom is 0.0948 e. The van der Waals surface area contributed by atoms with Crippen molar-refractivity contribution in [3.05, 3.63) is 84.3 Å². The maximum absolute atomic E-state index is 10.7. The summed E-state index contributed by atoms with van der Waals surface area (Å²) in [5, 5.41) is 24.2. The first kappa shape index (κ1) is 25.9. The Hall–Kier alpha value is -3.17. The number of nitrogens with one attached hydrogen (secondary N) is 1. The zero-order valence-corrected chi connectivity index (χ0v) is 21.9. The van der Waals surface area contributed by atoms with Crippen molar-refractivity contribution in [2.75, 3.05) is 38.3 Å². The number of nitrogens with zero attached hydrogens (tertiary/aromatic N) is 6. The second kappa shape index (κ2) is 11.7. The third-order valence-corrected chi connectivity index (χ3v) is 6.61. The van der Waals surface area contributed by atoms with Gasteiger partial charge in [0.1, 0.15) is 0 Å². The van der Waals surface area contributed by atoms with Crippen molar-refractivity contribution in [3.8, 4) is 11.1 Å². The predicted molar refractivity (Wildman–Crippen MR) is 145 cm³/mol. The van der Waals surface area contributed by atoms with E-state index < -0.39 is 0 Å². The summed E-state index contributed by atoms with van der Waals surface area (Å²) in [5.41, 5.74) is 6.90. The van der Waals surface area contributed by atoms with E-state index in [4.69, 9.17) is 0 Å². The monoisotopic (exact) mass is 489 g/mol. The van der Waals surface area contributed by atoms with Crippen LogP contribution >= 0.6 is 0 Å². The van der Waals surface area contributed by atoms with Gasteiger partial charge in [0.05, 0.1) is 19.4 Å². The lowest BCUT2D eigenvalue weighted by atomic mass is 10.1. The van der Waals surface area contributed by atoms with Crippen LogP contribution in [0.4, 0.5) is 5.69 Å². The molecule has 0 radical (unpaired) electrons. The molecule has 2 heterocycles. The van der Waals surface area contributed by atoms with Gasteiger partial charge in [-0.3, -0.25) is 4.68 Å². The third-order valence-electron chi connectivity index (χ3n) is 6.61. The SMILES string of the molecule is C=C(CN(CN(O)CCNC(C)C)c1ccc(-c2cnn(C)c2)cc1)N(C)N1Cc2ccccc2C1. The summed E-state index contributed by atoms with van der Waals surface area (Å²) in [6.45, 7) is 12.6. The van der Waals surface area contributed by atoms with Crippen LogP contribution in [0.15, 0.2) is 73.2 Å². The number of anilines is 1. The largest absolute Gasteiger partial charge is 0.350 e. The van der Waals surface area contributed by atoms with Crippen LogP contribution in [0.1, 0.15) is 25.0 Å². The molecule has 0 spiro atoms. The summed E-state index contributed by atoms with van der Waals surface area (Å²) in [4.78, 5) is 2.16. The Bertz CT molecular complexity index is 1120. The van der Waals surface area contributed by atoms with Gasteiger partial charge in [-0.15, -0.1) is 0 Å². The van der Waals surface area contributed by atoms with E-state index >= 15 is 0 Å². The molecule has 36 heavy (non-hydrogen) atoms. The predicted octanol–water partition coefficient (Wildman–Crippen LogP) is 3.92. The average Bonchev–Trinajstić information content (AvgIpc) is 3.49. The minimum absolute atomic E-state index is 0.374. The van der Waals surface area contributed by atoms with Crippen LogP contribution in [0, 0.1) is 0 Å². The van der Waals surface area contributed by atoms with Crippen molar-refractivity contribution < 1.29 is 5.21 Å². The van der Waals surface area contributed by atoms with Crippen molar-refractivity contribution >= 4 is 5.69 Å². The second-order valence-electron chi connectivity index (χ2n) is 9.81. The number of hydroxylamine groups is 2. The number of hydrogen-bond acceptors (Lipinski definition) is 7. The van der Waals surface area contributed by atoms with Gasteiger partial charge in [0, 0.05) is 69.5 Å². The van der Waals surface area contributed by atoms with Gasteiger partial charge in [-0.05, 0) is 28.8 Å². The lowest BCUT2D eigenvalue weighted by molar-refractivity contribution is -0.0890. The number of rotatable bonds is 12. The van der Waals surface area contributed by atoms with E-state index in [0.29, 0.717) is 25.8 Å². The van der Waals surface area contributed by atoms with Gasteiger partial charge in [-0.1, -0.05) is 56.8 Å². The molecule has 8 nitrogen and oxygen atoms in total. The molecule has 0 saturated heterocycles. The molecule has 0 unspecified atom stereocenters. The summed E-state index contributed by atoms with van der Waals surface area (Å²) in [6.07, 6.45) is 3.88. The topological polar surface area (TPSA) is 63.0 Å². The van der Waals surface area contributed by atoms with Crippen molar-refractivity contribution in [1.29, 1.82) is 0 Å². The summed E-state index contributed by atoms with van der Waals surface area (Å²) in [5.74, 6) is 0. The molecule has 0 aliphatic carbocycles. The Morgan fingerprint density at radius 3 is 2.33 bits per heavy atom. The normalized spacial score (nSPS) is 13.4. The van der Waals surface area contributed by atoms with Gasteiger partial charge >= 0.3 is 0 Å². The van der Waals surface area contributed by atoms with E-state index in [9.17, 15) is 5.21 Å². The maximum atomic E-state index is 10.7. The molecular weight excluding hydrogens is 450 g/mol. The molecule has 8 heteroatoms. The van der Waals surface area contributed by atoms with Gasteiger partial charge in [-0.25, -0.2) is 5.01 Å². The lowest BCUT2D eigenvalue weighted by Crippen LogP contribution is -2.44. The highest BCUT2D eigenvalue weighted by atomic mass is 16.5. The molecule has 0 amide bonds. The molecule has 1 aliphatic heterocycles. The Morgan fingerprint density at radius 1 is 1.08 bits per heavy atom. The molecular formula is C28H39N7O. The van der Waals surface area contributed by atoms with Crippen molar-refractivity contribution in [2.24, 2.45) is 7.05 Å². The number of aryl methyl sites for hydroxylation is 1. The standard InChI is InChI=1S/C28H39N7O/c1-22(2)29-14-15-35(36)21-33(28-12-10-24(11-13-28)27-16-30-31(4)18-27)17-23(3)32(5)34-19-25-8-6-7-9-26(25)20-34/h6-13,16,18,22,29,36H,3,14-15,17,19-21H2,1-2,4-5H3. The van der Waals surface area contributed by atoms with E-state index in [1.165, 1.54) is 16.2 Å². The van der Waals surface area contributed by atoms with Gasteiger partial charge in [-0.2, -0.15) is 10.2 Å². The number of fused-ring (bicyclic) bond motifs is 1. The van der Waals surface area contributed by atoms with E-state index in [2.05, 4.69) is 101 Å². The number of hydrazine groups is 1. The molecule has 4 rings (SSSR count). The summed E-state index contributed by atoms with van der Waals surface area (Å²) in [6, 6.07) is 17.4. The average molecular weight is 490 g/mol. The Kier molecular flexibility index (Phi) is 8.43. The first-order valence-electron chi connectivity index (χ1n) is 12.5. The van der Waals surface area contributed by atoms with Crippen molar-refractivity contribution in [1.82, 2.24) is 30.2 Å². The summed E-state index contributed by atoms with van der Waals surface area (Å²) < 4.78 is 1.81. The smallest absolute Gasteiger partial charge is 0.0948 e. The molecule has 1 aromatic heterocycles. The van der Waals surface area contributed by atoms with Crippen molar-refractivity contribution in [2.45, 2.75) is 33.0 Å². The molecule has 192 valence electrons.